The van der Waals surface area contributed by atoms with E-state index in [4.69, 9.17) is 9.47 Å². The minimum Gasteiger partial charge on any atom is -0.462 e. The Morgan fingerprint density at radius 1 is 1.12 bits per heavy atom. The predicted molar refractivity (Wildman–Crippen MR) is 134 cm³/mol. The lowest BCUT2D eigenvalue weighted by molar-refractivity contribution is 0.0502. The standard InChI is InChI=1S/C28H32N2O4/c1-6-33-26(31)25-22-16-19(21-13-9-11-18-10-7-8-12-20(18)21)14-15-23(22)30(5)24(25)17-29-27(32)34-28(2,3)4/h7-8,10,12-16H,6,9,11,17H2,1-5H3,(H,29,32). The van der Waals surface area contributed by atoms with Crippen molar-refractivity contribution in [2.45, 2.75) is 52.7 Å². The van der Waals surface area contributed by atoms with E-state index in [0.29, 0.717) is 11.3 Å². The van der Waals surface area contributed by atoms with Gasteiger partial charge in [-0.3, -0.25) is 0 Å². The molecule has 3 aromatic rings. The van der Waals surface area contributed by atoms with Crippen LogP contribution in [0.1, 0.15) is 66.9 Å². The molecule has 4 rings (SSSR count). The average molecular weight is 461 g/mol. The Bertz CT molecular complexity index is 1280. The zero-order valence-electron chi connectivity index (χ0n) is 20.5. The smallest absolute Gasteiger partial charge is 0.407 e. The fourth-order valence-electron chi connectivity index (χ4n) is 4.53. The van der Waals surface area contributed by atoms with E-state index < -0.39 is 17.7 Å². The van der Waals surface area contributed by atoms with Crippen LogP contribution in [0.15, 0.2) is 48.5 Å². The molecule has 0 saturated heterocycles. The number of carbonyl (C=O) groups excluding carboxylic acids is 2. The Balaban J connectivity index is 1.77. The number of aryl methyl sites for hydroxylation is 2. The number of hydrogen-bond donors (Lipinski definition) is 1. The van der Waals surface area contributed by atoms with Crippen LogP contribution in [-0.2, 0) is 29.5 Å². The minimum atomic E-state index is -0.605. The number of fused-ring (bicyclic) bond motifs is 2. The van der Waals surface area contributed by atoms with Crippen molar-refractivity contribution < 1.29 is 19.1 Å². The van der Waals surface area contributed by atoms with E-state index in [9.17, 15) is 9.59 Å². The number of nitrogens with zero attached hydrogens (tertiary/aromatic N) is 1. The van der Waals surface area contributed by atoms with E-state index in [1.165, 1.54) is 16.7 Å². The van der Waals surface area contributed by atoms with Crippen molar-refractivity contribution in [2.24, 2.45) is 7.05 Å². The van der Waals surface area contributed by atoms with Gasteiger partial charge in [-0.05, 0) is 74.9 Å². The van der Waals surface area contributed by atoms with E-state index in [2.05, 4.69) is 47.8 Å². The molecular weight excluding hydrogens is 428 g/mol. The highest BCUT2D eigenvalue weighted by molar-refractivity contribution is 6.07. The lowest BCUT2D eigenvalue weighted by Crippen LogP contribution is -2.33. The molecule has 34 heavy (non-hydrogen) atoms. The number of amides is 1. The molecule has 0 radical (unpaired) electrons. The Morgan fingerprint density at radius 2 is 1.88 bits per heavy atom. The molecule has 178 valence electrons. The van der Waals surface area contributed by atoms with Gasteiger partial charge in [0, 0.05) is 18.0 Å². The summed E-state index contributed by atoms with van der Waals surface area (Å²) in [6.45, 7) is 7.64. The van der Waals surface area contributed by atoms with Gasteiger partial charge in [-0.15, -0.1) is 0 Å². The molecule has 0 unspecified atom stereocenters. The number of allylic oxidation sites excluding steroid dienone is 1. The SMILES string of the molecule is CCOC(=O)c1c(CNC(=O)OC(C)(C)C)n(C)c2ccc(C3=CCCc4ccccc43)cc12. The van der Waals surface area contributed by atoms with Gasteiger partial charge in [0.05, 0.1) is 24.4 Å². The van der Waals surface area contributed by atoms with Gasteiger partial charge in [-0.1, -0.05) is 36.4 Å². The van der Waals surface area contributed by atoms with Crippen LogP contribution in [0, 0.1) is 0 Å². The molecule has 0 saturated carbocycles. The van der Waals surface area contributed by atoms with Crippen molar-refractivity contribution in [3.8, 4) is 0 Å². The molecule has 1 N–H and O–H groups in total. The second-order valence-corrected chi connectivity index (χ2v) is 9.50. The van der Waals surface area contributed by atoms with Gasteiger partial charge < -0.3 is 19.4 Å². The van der Waals surface area contributed by atoms with Crippen molar-refractivity contribution >= 4 is 28.5 Å². The monoisotopic (exact) mass is 460 g/mol. The normalized spacial score (nSPS) is 13.3. The molecule has 1 heterocycles. The molecule has 1 aliphatic rings. The average Bonchev–Trinajstić information content (AvgIpc) is 3.07. The Labute approximate surface area is 200 Å². The molecule has 0 aliphatic heterocycles. The first kappa shape index (κ1) is 23.6. The van der Waals surface area contributed by atoms with Crippen molar-refractivity contribution in [1.29, 1.82) is 0 Å². The predicted octanol–water partition coefficient (Wildman–Crippen LogP) is 5.76. The number of aromatic nitrogens is 1. The van der Waals surface area contributed by atoms with Gasteiger partial charge in [0.1, 0.15) is 5.60 Å². The molecular formula is C28H32N2O4. The Kier molecular flexibility index (Phi) is 6.51. The van der Waals surface area contributed by atoms with E-state index in [1.807, 2.05) is 38.5 Å². The Hall–Kier alpha value is -3.54. The van der Waals surface area contributed by atoms with Gasteiger partial charge in [-0.25, -0.2) is 9.59 Å². The summed E-state index contributed by atoms with van der Waals surface area (Å²) in [5.74, 6) is -0.399. The number of rotatable bonds is 5. The first-order chi connectivity index (χ1) is 16.2. The number of alkyl carbamates (subject to hydrolysis) is 1. The maximum absolute atomic E-state index is 13.1. The van der Waals surface area contributed by atoms with E-state index in [0.717, 1.165) is 29.3 Å². The second-order valence-electron chi connectivity index (χ2n) is 9.50. The van der Waals surface area contributed by atoms with Crippen LogP contribution in [0.2, 0.25) is 0 Å². The van der Waals surface area contributed by atoms with Crippen LogP contribution in [-0.4, -0.2) is 28.8 Å². The third-order valence-corrected chi connectivity index (χ3v) is 5.98. The second kappa shape index (κ2) is 9.37. The van der Waals surface area contributed by atoms with Gasteiger partial charge in [0.2, 0.25) is 0 Å². The molecule has 1 amide bonds. The Morgan fingerprint density at radius 3 is 2.62 bits per heavy atom. The molecule has 6 heteroatoms. The molecule has 1 aliphatic carbocycles. The summed E-state index contributed by atoms with van der Waals surface area (Å²) < 4.78 is 12.7. The van der Waals surface area contributed by atoms with Crippen LogP contribution in [0.3, 0.4) is 0 Å². The van der Waals surface area contributed by atoms with Gasteiger partial charge in [0.25, 0.3) is 0 Å². The first-order valence-corrected chi connectivity index (χ1v) is 11.7. The van der Waals surface area contributed by atoms with Crippen molar-refractivity contribution in [1.82, 2.24) is 9.88 Å². The highest BCUT2D eigenvalue weighted by Crippen LogP contribution is 2.35. The largest absolute Gasteiger partial charge is 0.462 e. The number of carbonyl (C=O) groups is 2. The summed E-state index contributed by atoms with van der Waals surface area (Å²) in [6.07, 6.45) is 3.75. The fourth-order valence-corrected chi connectivity index (χ4v) is 4.53. The molecule has 0 bridgehead atoms. The molecule has 6 nitrogen and oxygen atoms in total. The van der Waals surface area contributed by atoms with Crippen LogP contribution < -0.4 is 5.32 Å². The van der Waals surface area contributed by atoms with Crippen molar-refractivity contribution in [3.63, 3.8) is 0 Å². The third-order valence-electron chi connectivity index (χ3n) is 5.98. The molecule has 0 atom stereocenters. The lowest BCUT2D eigenvalue weighted by atomic mass is 9.86. The maximum Gasteiger partial charge on any atom is 0.407 e. The summed E-state index contributed by atoms with van der Waals surface area (Å²) >= 11 is 0. The number of hydrogen-bond acceptors (Lipinski definition) is 4. The maximum atomic E-state index is 13.1. The van der Waals surface area contributed by atoms with Crippen LogP contribution in [0.5, 0.6) is 0 Å². The van der Waals surface area contributed by atoms with Crippen LogP contribution in [0.4, 0.5) is 4.79 Å². The van der Waals surface area contributed by atoms with E-state index in [-0.39, 0.29) is 13.2 Å². The number of ether oxygens (including phenoxy) is 2. The first-order valence-electron chi connectivity index (χ1n) is 11.7. The summed E-state index contributed by atoms with van der Waals surface area (Å²) in [6, 6.07) is 14.6. The quantitative estimate of drug-likeness (QED) is 0.492. The van der Waals surface area contributed by atoms with Gasteiger partial charge in [-0.2, -0.15) is 0 Å². The topological polar surface area (TPSA) is 69.6 Å². The van der Waals surface area contributed by atoms with Crippen molar-refractivity contribution in [3.05, 3.63) is 76.5 Å². The summed E-state index contributed by atoms with van der Waals surface area (Å²) in [5.41, 5.74) is 6.24. The van der Waals surface area contributed by atoms with Crippen LogP contribution >= 0.6 is 0 Å². The fraction of sp³-hybridized carbons (Fsp3) is 0.357. The zero-order chi connectivity index (χ0) is 24.5. The summed E-state index contributed by atoms with van der Waals surface area (Å²) in [7, 11) is 1.89. The molecule has 2 aromatic carbocycles. The van der Waals surface area contributed by atoms with E-state index in [1.54, 1.807) is 6.92 Å². The van der Waals surface area contributed by atoms with Gasteiger partial charge in [0.15, 0.2) is 0 Å². The van der Waals surface area contributed by atoms with Crippen LogP contribution in [0.25, 0.3) is 16.5 Å². The minimum absolute atomic E-state index is 0.148. The van der Waals surface area contributed by atoms with E-state index >= 15 is 0 Å². The molecule has 0 spiro atoms. The molecule has 0 fully saturated rings. The number of benzene rings is 2. The van der Waals surface area contributed by atoms with Crippen molar-refractivity contribution in [2.75, 3.05) is 6.61 Å². The number of esters is 1. The summed E-state index contributed by atoms with van der Waals surface area (Å²) in [5, 5.41) is 3.59. The lowest BCUT2D eigenvalue weighted by Gasteiger charge is -2.20. The highest BCUT2D eigenvalue weighted by Gasteiger charge is 2.25. The number of nitrogens with one attached hydrogen (secondary N) is 1. The van der Waals surface area contributed by atoms with Gasteiger partial charge >= 0.3 is 12.1 Å². The molecule has 1 aromatic heterocycles. The third kappa shape index (κ3) is 4.72. The summed E-state index contributed by atoms with van der Waals surface area (Å²) in [4.78, 5) is 25.3. The highest BCUT2D eigenvalue weighted by atomic mass is 16.6. The zero-order valence-corrected chi connectivity index (χ0v) is 20.5.